The number of amides is 2. The van der Waals surface area contributed by atoms with Crippen molar-refractivity contribution >= 4 is 52.5 Å². The number of nitrogens with zero attached hydrogens (tertiary/aromatic N) is 4. The molecule has 0 spiro atoms. The molecular formula is C33H38ClF3N8O2. The number of anilines is 4. The summed E-state index contributed by atoms with van der Waals surface area (Å²) in [6.07, 6.45) is 4.18. The number of aryl methyl sites for hydroxylation is 2. The molecule has 1 aromatic heterocycles. The van der Waals surface area contributed by atoms with Gasteiger partial charge in [0.05, 0.1) is 29.5 Å². The predicted molar refractivity (Wildman–Crippen MR) is 180 cm³/mol. The largest absolute Gasteiger partial charge is 0.417 e. The fraction of sp³-hybridized carbons (Fsp3) is 0.364. The number of aliphatic imine (C=N–C) groups is 1. The van der Waals surface area contributed by atoms with Gasteiger partial charge in [-0.2, -0.15) is 23.0 Å². The fourth-order valence-electron chi connectivity index (χ4n) is 5.13. The summed E-state index contributed by atoms with van der Waals surface area (Å²) in [5.74, 6) is 1.31. The Morgan fingerprint density at radius 1 is 1.02 bits per heavy atom. The summed E-state index contributed by atoms with van der Waals surface area (Å²) in [5, 5.41) is 16.4. The number of ether oxygens (including phenoxy) is 1. The van der Waals surface area contributed by atoms with Gasteiger partial charge in [0.1, 0.15) is 5.82 Å². The van der Waals surface area contributed by atoms with E-state index >= 15 is 0 Å². The maximum Gasteiger partial charge on any atom is 0.417 e. The van der Waals surface area contributed by atoms with E-state index in [-0.39, 0.29) is 5.69 Å². The standard InChI is InChI=1S/C33H38ClF3N8O2/c1-22-7-8-26(41-32(46)40-25-9-10-28(34)27(19-25)33(35,36)37)20-29(22)42-31-18-23(2)43-45(31)30-21-24(6-4-3-5-11-39-30)38-12-13-44-14-16-47-17-15-44/h6-11,18-21,38,42H,3-5,12-17H2,1-2H3,(H2,40,41,46)/b24-6-,30-21+,39-11?. The van der Waals surface area contributed by atoms with Gasteiger partial charge in [-0.1, -0.05) is 23.7 Å². The summed E-state index contributed by atoms with van der Waals surface area (Å²) in [7, 11) is 0. The van der Waals surface area contributed by atoms with Crippen LogP contribution in [0.3, 0.4) is 0 Å². The molecule has 2 amide bonds. The van der Waals surface area contributed by atoms with Crippen LogP contribution < -0.4 is 21.3 Å². The molecule has 0 unspecified atom stereocenters. The first-order valence-corrected chi connectivity index (χ1v) is 15.8. The number of benzene rings is 2. The van der Waals surface area contributed by atoms with Crippen LogP contribution in [0.5, 0.6) is 0 Å². The number of nitrogens with one attached hydrogen (secondary N) is 4. The van der Waals surface area contributed by atoms with Gasteiger partial charge in [0.25, 0.3) is 0 Å². The number of carbonyl (C=O) groups is 1. The molecule has 10 nitrogen and oxygen atoms in total. The zero-order valence-corrected chi connectivity index (χ0v) is 27.0. The second-order valence-electron chi connectivity index (χ2n) is 11.3. The van der Waals surface area contributed by atoms with Gasteiger partial charge in [-0.15, -0.1) is 0 Å². The van der Waals surface area contributed by atoms with Crippen molar-refractivity contribution in [3.63, 3.8) is 0 Å². The second-order valence-corrected chi connectivity index (χ2v) is 11.7. The van der Waals surface area contributed by atoms with E-state index in [0.717, 1.165) is 87.7 Å². The molecule has 14 heteroatoms. The molecule has 250 valence electrons. The molecule has 5 rings (SSSR count). The number of aromatic nitrogens is 2. The van der Waals surface area contributed by atoms with Crippen molar-refractivity contribution < 1.29 is 22.7 Å². The topological polar surface area (TPSA) is 108 Å². The van der Waals surface area contributed by atoms with Crippen LogP contribution in [0.2, 0.25) is 5.02 Å². The van der Waals surface area contributed by atoms with Gasteiger partial charge >= 0.3 is 12.2 Å². The summed E-state index contributed by atoms with van der Waals surface area (Å²) in [6.45, 7) is 8.90. The van der Waals surface area contributed by atoms with Gasteiger partial charge in [0.2, 0.25) is 0 Å². The molecule has 0 aliphatic carbocycles. The highest BCUT2D eigenvalue weighted by Gasteiger charge is 2.33. The monoisotopic (exact) mass is 670 g/mol. The number of hydrogen-bond acceptors (Lipinski definition) is 7. The minimum Gasteiger partial charge on any atom is -0.384 e. The normalized spacial score (nSPS) is 18.2. The van der Waals surface area contributed by atoms with Crippen molar-refractivity contribution in [2.75, 3.05) is 55.3 Å². The van der Waals surface area contributed by atoms with Crippen molar-refractivity contribution in [2.45, 2.75) is 39.3 Å². The van der Waals surface area contributed by atoms with Crippen LogP contribution in [0.25, 0.3) is 5.82 Å². The minimum atomic E-state index is -4.65. The summed E-state index contributed by atoms with van der Waals surface area (Å²) in [5.41, 5.74) is 2.70. The van der Waals surface area contributed by atoms with E-state index in [9.17, 15) is 18.0 Å². The quantitative estimate of drug-likeness (QED) is 0.189. The number of carbonyl (C=O) groups excluding carboxylic acids is 1. The lowest BCUT2D eigenvalue weighted by atomic mass is 10.1. The molecular weight excluding hydrogens is 633 g/mol. The number of halogens is 4. The zero-order chi connectivity index (χ0) is 33.4. The van der Waals surface area contributed by atoms with Crippen molar-refractivity contribution in [3.05, 3.63) is 82.2 Å². The lowest BCUT2D eigenvalue weighted by Gasteiger charge is -2.26. The molecule has 2 aliphatic rings. The highest BCUT2D eigenvalue weighted by atomic mass is 35.5. The van der Waals surface area contributed by atoms with Crippen LogP contribution in [-0.4, -0.2) is 66.3 Å². The number of allylic oxidation sites excluding steroid dienone is 2. The Balaban J connectivity index is 1.31. The van der Waals surface area contributed by atoms with Crippen molar-refractivity contribution in [1.29, 1.82) is 0 Å². The van der Waals surface area contributed by atoms with E-state index in [1.807, 2.05) is 38.3 Å². The summed E-state index contributed by atoms with van der Waals surface area (Å²) in [6, 6.07) is 9.66. The van der Waals surface area contributed by atoms with Crippen LogP contribution >= 0.6 is 11.6 Å². The molecule has 2 aliphatic heterocycles. The van der Waals surface area contributed by atoms with Crippen LogP contribution in [0.15, 0.2) is 65.3 Å². The Labute approximate surface area is 276 Å². The first-order valence-electron chi connectivity index (χ1n) is 15.4. The van der Waals surface area contributed by atoms with E-state index in [4.69, 9.17) is 26.4 Å². The summed E-state index contributed by atoms with van der Waals surface area (Å²) in [4.78, 5) is 19.9. The summed E-state index contributed by atoms with van der Waals surface area (Å²) < 4.78 is 47.0. The second kappa shape index (κ2) is 15.5. The number of morpholine rings is 1. The molecule has 0 saturated carbocycles. The number of rotatable bonds is 9. The number of hydrogen-bond donors (Lipinski definition) is 4. The predicted octanol–water partition coefficient (Wildman–Crippen LogP) is 7.42. The third-order valence-electron chi connectivity index (χ3n) is 7.61. The van der Waals surface area contributed by atoms with E-state index < -0.39 is 22.8 Å². The molecule has 0 radical (unpaired) electrons. The molecule has 3 aromatic rings. The zero-order valence-electron chi connectivity index (χ0n) is 26.3. The fourth-order valence-corrected chi connectivity index (χ4v) is 5.36. The highest BCUT2D eigenvalue weighted by Crippen LogP contribution is 2.36. The molecule has 2 aromatic carbocycles. The van der Waals surface area contributed by atoms with Crippen molar-refractivity contribution in [1.82, 2.24) is 20.0 Å². The Hall–Kier alpha value is -4.33. The van der Waals surface area contributed by atoms with Crippen molar-refractivity contribution in [3.8, 4) is 0 Å². The molecule has 0 atom stereocenters. The van der Waals surface area contributed by atoms with Crippen LogP contribution in [0.1, 0.15) is 36.1 Å². The van der Waals surface area contributed by atoms with Gasteiger partial charge in [-0.05, 0) is 69.0 Å². The number of urea groups is 1. The average molecular weight is 671 g/mol. The molecule has 1 fully saturated rings. The van der Waals surface area contributed by atoms with Crippen LogP contribution in [0, 0.1) is 13.8 Å². The maximum atomic E-state index is 13.3. The van der Waals surface area contributed by atoms with Crippen molar-refractivity contribution in [2.24, 2.45) is 4.99 Å². The first kappa shape index (κ1) is 34.0. The molecule has 3 heterocycles. The van der Waals surface area contributed by atoms with E-state index in [1.54, 1.807) is 16.8 Å². The third-order valence-corrected chi connectivity index (χ3v) is 7.94. The minimum absolute atomic E-state index is 0.0445. The lowest BCUT2D eigenvalue weighted by molar-refractivity contribution is -0.137. The van der Waals surface area contributed by atoms with Gasteiger partial charge < -0.3 is 26.0 Å². The molecule has 47 heavy (non-hydrogen) atoms. The Morgan fingerprint density at radius 3 is 2.53 bits per heavy atom. The van der Waals surface area contributed by atoms with Crippen LogP contribution in [-0.2, 0) is 10.9 Å². The van der Waals surface area contributed by atoms with E-state index in [0.29, 0.717) is 23.0 Å². The maximum absolute atomic E-state index is 13.3. The first-order chi connectivity index (χ1) is 22.5. The number of alkyl halides is 3. The lowest BCUT2D eigenvalue weighted by Crippen LogP contribution is -2.40. The van der Waals surface area contributed by atoms with E-state index in [2.05, 4.69) is 32.2 Å². The van der Waals surface area contributed by atoms with Crippen LogP contribution in [0.4, 0.5) is 40.8 Å². The molecule has 1 saturated heterocycles. The smallest absolute Gasteiger partial charge is 0.384 e. The molecule has 0 bridgehead atoms. The van der Waals surface area contributed by atoms with Gasteiger partial charge in [-0.25, -0.2) is 9.79 Å². The third kappa shape index (κ3) is 9.60. The van der Waals surface area contributed by atoms with Gasteiger partial charge in [0, 0.05) is 67.3 Å². The SMILES string of the molecule is Cc1cc(Nc2cc(NC(=O)Nc3ccc(Cl)c(C(F)(F)F)c3)ccc2C)n(/C2=C/C(NCCN3CCOCC3)=C/CCCC=N2)n1. The Kier molecular flexibility index (Phi) is 11.2. The van der Waals surface area contributed by atoms with Gasteiger partial charge in [0.15, 0.2) is 5.82 Å². The van der Waals surface area contributed by atoms with E-state index in [1.165, 1.54) is 6.07 Å². The molecule has 4 N–H and O–H groups in total. The highest BCUT2D eigenvalue weighted by molar-refractivity contribution is 6.31. The van der Waals surface area contributed by atoms with Gasteiger partial charge in [-0.3, -0.25) is 4.90 Å². The Bertz CT molecular complexity index is 1660. The Morgan fingerprint density at radius 2 is 1.77 bits per heavy atom. The average Bonchev–Trinajstić information content (AvgIpc) is 3.44. The summed E-state index contributed by atoms with van der Waals surface area (Å²) >= 11 is 5.70.